The minimum atomic E-state index is -0.328. The molecule has 0 N–H and O–H groups in total. The molecule has 2 aliphatic carbocycles. The Morgan fingerprint density at radius 2 is 2.14 bits per heavy atom. The molecule has 1 saturated heterocycles. The van der Waals surface area contributed by atoms with Gasteiger partial charge in [0.15, 0.2) is 5.78 Å². The van der Waals surface area contributed by atoms with Crippen molar-refractivity contribution in [3.05, 3.63) is 0 Å². The summed E-state index contributed by atoms with van der Waals surface area (Å²) >= 11 is 0. The number of ketones is 1. The molecule has 3 unspecified atom stereocenters. The molecule has 1 aliphatic heterocycles. The van der Waals surface area contributed by atoms with Crippen molar-refractivity contribution in [2.45, 2.75) is 50.5 Å². The molecule has 0 aromatic heterocycles. The summed E-state index contributed by atoms with van der Waals surface area (Å²) in [5.74, 6) is 2.08. The van der Waals surface area contributed by atoms with E-state index in [9.17, 15) is 4.79 Å². The summed E-state index contributed by atoms with van der Waals surface area (Å²) in [4.78, 5) is 11.9. The molecule has 0 radical (unpaired) electrons. The first kappa shape index (κ1) is 8.90. The van der Waals surface area contributed by atoms with Gasteiger partial charge in [0.2, 0.25) is 0 Å². The lowest BCUT2D eigenvalue weighted by atomic mass is 9.80. The van der Waals surface area contributed by atoms with Crippen LogP contribution in [0.4, 0.5) is 0 Å². The highest BCUT2D eigenvalue weighted by atomic mass is 16.5. The molecule has 3 fully saturated rings. The summed E-state index contributed by atoms with van der Waals surface area (Å²) in [6, 6.07) is 0. The molecular formula is C12H18O2. The summed E-state index contributed by atoms with van der Waals surface area (Å²) in [6.45, 7) is 0.858. The van der Waals surface area contributed by atoms with Gasteiger partial charge in [-0.15, -0.1) is 0 Å². The fraction of sp³-hybridized carbons (Fsp3) is 0.917. The van der Waals surface area contributed by atoms with Crippen molar-refractivity contribution in [3.8, 4) is 0 Å². The Morgan fingerprint density at radius 3 is 3.00 bits per heavy atom. The van der Waals surface area contributed by atoms with Gasteiger partial charge < -0.3 is 4.74 Å². The van der Waals surface area contributed by atoms with Gasteiger partial charge in [-0.2, -0.15) is 0 Å². The highest BCUT2D eigenvalue weighted by Gasteiger charge is 2.48. The van der Waals surface area contributed by atoms with E-state index in [1.54, 1.807) is 0 Å². The van der Waals surface area contributed by atoms with E-state index in [0.29, 0.717) is 5.78 Å². The maximum atomic E-state index is 11.9. The molecule has 0 aromatic carbocycles. The molecule has 0 aromatic rings. The molecule has 2 nitrogen and oxygen atoms in total. The third-order valence-corrected chi connectivity index (χ3v) is 4.30. The first-order valence-corrected chi connectivity index (χ1v) is 5.97. The van der Waals surface area contributed by atoms with E-state index >= 15 is 0 Å². The van der Waals surface area contributed by atoms with E-state index < -0.39 is 0 Å². The molecule has 3 rings (SSSR count). The Balaban J connectivity index is 1.76. The molecule has 2 saturated carbocycles. The zero-order chi connectivity index (χ0) is 9.60. The van der Waals surface area contributed by atoms with Crippen LogP contribution in [0.25, 0.3) is 0 Å². The first-order chi connectivity index (χ1) is 6.80. The van der Waals surface area contributed by atoms with Crippen LogP contribution >= 0.6 is 0 Å². The first-order valence-electron chi connectivity index (χ1n) is 5.97. The van der Waals surface area contributed by atoms with Gasteiger partial charge in [0.25, 0.3) is 0 Å². The second-order valence-electron chi connectivity index (χ2n) is 5.23. The van der Waals surface area contributed by atoms with Crippen LogP contribution in [-0.4, -0.2) is 18.0 Å². The van der Waals surface area contributed by atoms with E-state index in [2.05, 4.69) is 0 Å². The Labute approximate surface area is 85.0 Å². The summed E-state index contributed by atoms with van der Waals surface area (Å²) < 4.78 is 5.95. The number of ether oxygens (including phenoxy) is 1. The van der Waals surface area contributed by atoms with Crippen molar-refractivity contribution in [1.82, 2.24) is 0 Å². The smallest absolute Gasteiger partial charge is 0.164 e. The second-order valence-corrected chi connectivity index (χ2v) is 5.23. The average Bonchev–Trinajstić information content (AvgIpc) is 2.93. The second kappa shape index (κ2) is 3.06. The van der Waals surface area contributed by atoms with Crippen molar-refractivity contribution >= 4 is 5.78 Å². The minimum absolute atomic E-state index is 0.328. The monoisotopic (exact) mass is 194 g/mol. The van der Waals surface area contributed by atoms with Gasteiger partial charge in [-0.25, -0.2) is 0 Å². The predicted octanol–water partition coefficient (Wildman–Crippen LogP) is 2.31. The Bertz CT molecular complexity index is 247. The van der Waals surface area contributed by atoms with Crippen molar-refractivity contribution < 1.29 is 9.53 Å². The fourth-order valence-electron chi connectivity index (χ4n) is 3.11. The van der Waals surface area contributed by atoms with E-state index in [0.717, 1.165) is 44.1 Å². The van der Waals surface area contributed by atoms with Gasteiger partial charge in [-0.1, -0.05) is 0 Å². The van der Waals surface area contributed by atoms with Gasteiger partial charge in [0, 0.05) is 6.42 Å². The van der Waals surface area contributed by atoms with Crippen LogP contribution in [0.15, 0.2) is 0 Å². The highest BCUT2D eigenvalue weighted by molar-refractivity contribution is 5.88. The summed E-state index contributed by atoms with van der Waals surface area (Å²) in [5, 5.41) is 0. The predicted molar refractivity (Wildman–Crippen MR) is 53.0 cm³/mol. The van der Waals surface area contributed by atoms with E-state index in [1.165, 1.54) is 19.3 Å². The molecule has 1 heterocycles. The SMILES string of the molecule is O=C1CCCCC12CCC1CC1CO2. The van der Waals surface area contributed by atoms with Gasteiger partial charge in [0.1, 0.15) is 5.60 Å². The van der Waals surface area contributed by atoms with Crippen LogP contribution in [0.3, 0.4) is 0 Å². The number of hydrogen-bond donors (Lipinski definition) is 0. The molecule has 1 spiro atoms. The molecule has 3 atom stereocenters. The maximum absolute atomic E-state index is 11.9. The lowest BCUT2D eigenvalue weighted by Gasteiger charge is -2.35. The van der Waals surface area contributed by atoms with Gasteiger partial charge in [0.05, 0.1) is 6.61 Å². The molecule has 14 heavy (non-hydrogen) atoms. The van der Waals surface area contributed by atoms with E-state index in [-0.39, 0.29) is 5.60 Å². The Hall–Kier alpha value is -0.370. The third-order valence-electron chi connectivity index (χ3n) is 4.30. The van der Waals surface area contributed by atoms with Gasteiger partial charge >= 0.3 is 0 Å². The standard InChI is InChI=1S/C12H18O2/c13-11-3-1-2-5-12(11)6-4-9-7-10(9)8-14-12/h9-10H,1-8H2. The number of fused-ring (bicyclic) bond motifs is 1. The molecule has 78 valence electrons. The van der Waals surface area contributed by atoms with Crippen molar-refractivity contribution in [3.63, 3.8) is 0 Å². The lowest BCUT2D eigenvalue weighted by molar-refractivity contribution is -0.150. The zero-order valence-corrected chi connectivity index (χ0v) is 8.63. The zero-order valence-electron chi connectivity index (χ0n) is 8.63. The highest BCUT2D eigenvalue weighted by Crippen LogP contribution is 2.49. The topological polar surface area (TPSA) is 26.3 Å². The molecule has 3 aliphatic rings. The summed E-state index contributed by atoms with van der Waals surface area (Å²) in [6.07, 6.45) is 7.60. The number of carbonyl (C=O) groups is 1. The minimum Gasteiger partial charge on any atom is -0.367 e. The van der Waals surface area contributed by atoms with E-state index in [4.69, 9.17) is 4.74 Å². The van der Waals surface area contributed by atoms with Crippen molar-refractivity contribution in [1.29, 1.82) is 0 Å². The normalized spacial score (nSPS) is 47.3. The quantitative estimate of drug-likeness (QED) is 0.591. The number of carbonyl (C=O) groups excluding carboxylic acids is 1. The molecule has 2 heteroatoms. The largest absolute Gasteiger partial charge is 0.367 e. The molecule has 0 amide bonds. The summed E-state index contributed by atoms with van der Waals surface area (Å²) in [5.41, 5.74) is -0.328. The molecule has 0 bridgehead atoms. The van der Waals surface area contributed by atoms with Gasteiger partial charge in [-0.05, 0) is 50.4 Å². The van der Waals surface area contributed by atoms with Gasteiger partial charge in [-0.3, -0.25) is 4.79 Å². The number of rotatable bonds is 0. The third kappa shape index (κ3) is 1.31. The van der Waals surface area contributed by atoms with Crippen molar-refractivity contribution in [2.75, 3.05) is 6.61 Å². The lowest BCUT2D eigenvalue weighted by Crippen LogP contribution is -2.43. The van der Waals surface area contributed by atoms with E-state index in [1.807, 2.05) is 0 Å². The van der Waals surface area contributed by atoms with Crippen LogP contribution < -0.4 is 0 Å². The van der Waals surface area contributed by atoms with Crippen LogP contribution in [0.5, 0.6) is 0 Å². The van der Waals surface area contributed by atoms with Crippen molar-refractivity contribution in [2.24, 2.45) is 11.8 Å². The van der Waals surface area contributed by atoms with Crippen LogP contribution in [-0.2, 0) is 9.53 Å². The maximum Gasteiger partial charge on any atom is 0.164 e. The molecular weight excluding hydrogens is 176 g/mol. The number of Topliss-reactive ketones (excluding diaryl/α,β-unsaturated/α-hetero) is 1. The van der Waals surface area contributed by atoms with Crippen LogP contribution in [0.2, 0.25) is 0 Å². The average molecular weight is 194 g/mol. The Kier molecular flexibility index (Phi) is 1.94. The summed E-state index contributed by atoms with van der Waals surface area (Å²) in [7, 11) is 0. The van der Waals surface area contributed by atoms with Crippen LogP contribution in [0.1, 0.15) is 44.9 Å². The Morgan fingerprint density at radius 1 is 1.21 bits per heavy atom. The van der Waals surface area contributed by atoms with Crippen LogP contribution in [0, 0.1) is 11.8 Å². The fourth-order valence-corrected chi connectivity index (χ4v) is 3.11. The number of hydrogen-bond acceptors (Lipinski definition) is 2.